The molecule has 5 heteroatoms. The SMILES string of the molecule is NCC1CCCN(C(=O)c2cc(O)ccc2Cl)C1. The van der Waals surface area contributed by atoms with E-state index in [9.17, 15) is 9.90 Å². The van der Waals surface area contributed by atoms with Gasteiger partial charge in [-0.25, -0.2) is 0 Å². The molecule has 3 N–H and O–H groups in total. The monoisotopic (exact) mass is 268 g/mol. The molecule has 1 aliphatic rings. The van der Waals surface area contributed by atoms with Crippen molar-refractivity contribution in [3.8, 4) is 5.75 Å². The van der Waals surface area contributed by atoms with Gasteiger partial charge in [0.2, 0.25) is 0 Å². The molecule has 1 amide bonds. The second kappa shape index (κ2) is 5.59. The maximum Gasteiger partial charge on any atom is 0.255 e. The summed E-state index contributed by atoms with van der Waals surface area (Å²) in [6.07, 6.45) is 2.03. The normalized spacial score (nSPS) is 19.9. The Balaban J connectivity index is 2.17. The van der Waals surface area contributed by atoms with E-state index in [4.69, 9.17) is 17.3 Å². The molecule has 1 aromatic carbocycles. The predicted octanol–water partition coefficient (Wildman–Crippen LogP) is 1.86. The maximum absolute atomic E-state index is 12.3. The highest BCUT2D eigenvalue weighted by atomic mass is 35.5. The van der Waals surface area contributed by atoms with Gasteiger partial charge < -0.3 is 15.7 Å². The van der Waals surface area contributed by atoms with Crippen molar-refractivity contribution in [2.24, 2.45) is 11.7 Å². The number of benzene rings is 1. The molecule has 0 saturated carbocycles. The van der Waals surface area contributed by atoms with Gasteiger partial charge in [0, 0.05) is 13.1 Å². The van der Waals surface area contributed by atoms with Crippen molar-refractivity contribution < 1.29 is 9.90 Å². The van der Waals surface area contributed by atoms with E-state index in [0.29, 0.717) is 29.6 Å². The Bertz CT molecular complexity index is 451. The fourth-order valence-corrected chi connectivity index (χ4v) is 2.49. The number of piperidine rings is 1. The number of rotatable bonds is 2. The van der Waals surface area contributed by atoms with Crippen LogP contribution >= 0.6 is 11.6 Å². The number of phenols is 1. The first-order valence-corrected chi connectivity index (χ1v) is 6.47. The first-order chi connectivity index (χ1) is 8.61. The fraction of sp³-hybridized carbons (Fsp3) is 0.462. The van der Waals surface area contributed by atoms with Gasteiger partial charge in [0.15, 0.2) is 0 Å². The summed E-state index contributed by atoms with van der Waals surface area (Å²) < 4.78 is 0. The molecule has 1 aromatic rings. The van der Waals surface area contributed by atoms with E-state index in [1.165, 1.54) is 18.2 Å². The number of phenolic OH excluding ortho intramolecular Hbond substituents is 1. The summed E-state index contributed by atoms with van der Waals surface area (Å²) in [7, 11) is 0. The zero-order valence-corrected chi connectivity index (χ0v) is 10.9. The Morgan fingerprint density at radius 1 is 1.56 bits per heavy atom. The van der Waals surface area contributed by atoms with Crippen LogP contribution in [0, 0.1) is 5.92 Å². The van der Waals surface area contributed by atoms with Crippen molar-refractivity contribution >= 4 is 17.5 Å². The summed E-state index contributed by atoms with van der Waals surface area (Å²) in [6, 6.07) is 4.42. The molecule has 98 valence electrons. The topological polar surface area (TPSA) is 66.6 Å². The van der Waals surface area contributed by atoms with Crippen LogP contribution in [-0.2, 0) is 0 Å². The summed E-state index contributed by atoms with van der Waals surface area (Å²) >= 11 is 6.00. The minimum Gasteiger partial charge on any atom is -0.508 e. The highest BCUT2D eigenvalue weighted by Crippen LogP contribution is 2.25. The first kappa shape index (κ1) is 13.2. The van der Waals surface area contributed by atoms with Gasteiger partial charge >= 0.3 is 0 Å². The third kappa shape index (κ3) is 2.76. The summed E-state index contributed by atoms with van der Waals surface area (Å²) in [6.45, 7) is 1.99. The van der Waals surface area contributed by atoms with Crippen LogP contribution in [0.15, 0.2) is 18.2 Å². The molecule has 0 aliphatic carbocycles. The van der Waals surface area contributed by atoms with Gasteiger partial charge in [-0.2, -0.15) is 0 Å². The van der Waals surface area contributed by atoms with E-state index in [1.807, 2.05) is 0 Å². The minimum atomic E-state index is -0.131. The fourth-order valence-electron chi connectivity index (χ4n) is 2.29. The number of carbonyl (C=O) groups is 1. The van der Waals surface area contributed by atoms with Crippen molar-refractivity contribution in [2.75, 3.05) is 19.6 Å². The molecule has 0 aromatic heterocycles. The van der Waals surface area contributed by atoms with Crippen molar-refractivity contribution in [2.45, 2.75) is 12.8 Å². The lowest BCUT2D eigenvalue weighted by Crippen LogP contribution is -2.42. The molecule has 1 aliphatic heterocycles. The number of aromatic hydroxyl groups is 1. The van der Waals surface area contributed by atoms with E-state index in [0.717, 1.165) is 19.4 Å². The molecule has 0 bridgehead atoms. The van der Waals surface area contributed by atoms with Crippen molar-refractivity contribution in [3.05, 3.63) is 28.8 Å². The molecule has 0 spiro atoms. The molecule has 18 heavy (non-hydrogen) atoms. The lowest BCUT2D eigenvalue weighted by atomic mass is 9.97. The molecule has 0 radical (unpaired) electrons. The van der Waals surface area contributed by atoms with Crippen LogP contribution < -0.4 is 5.73 Å². The zero-order valence-electron chi connectivity index (χ0n) is 10.1. The molecule has 1 atom stereocenters. The smallest absolute Gasteiger partial charge is 0.255 e. The molecular formula is C13H17ClN2O2. The second-order valence-electron chi connectivity index (χ2n) is 4.66. The Morgan fingerprint density at radius 2 is 2.33 bits per heavy atom. The highest BCUT2D eigenvalue weighted by molar-refractivity contribution is 6.33. The number of hydrogen-bond acceptors (Lipinski definition) is 3. The molecule has 4 nitrogen and oxygen atoms in total. The third-order valence-electron chi connectivity index (χ3n) is 3.32. The van der Waals surface area contributed by atoms with Gasteiger partial charge in [-0.15, -0.1) is 0 Å². The average Bonchev–Trinajstić information content (AvgIpc) is 2.41. The third-order valence-corrected chi connectivity index (χ3v) is 3.65. The molecule has 1 saturated heterocycles. The molecular weight excluding hydrogens is 252 g/mol. The minimum absolute atomic E-state index is 0.0511. The number of nitrogens with zero attached hydrogens (tertiary/aromatic N) is 1. The lowest BCUT2D eigenvalue weighted by molar-refractivity contribution is 0.0678. The van der Waals surface area contributed by atoms with E-state index < -0.39 is 0 Å². The summed E-state index contributed by atoms with van der Waals surface area (Å²) in [4.78, 5) is 14.1. The number of halogens is 1. The van der Waals surface area contributed by atoms with Crippen molar-refractivity contribution in [1.29, 1.82) is 0 Å². The van der Waals surface area contributed by atoms with Crippen LogP contribution in [-0.4, -0.2) is 35.5 Å². The van der Waals surface area contributed by atoms with E-state index >= 15 is 0 Å². The average molecular weight is 269 g/mol. The lowest BCUT2D eigenvalue weighted by Gasteiger charge is -2.32. The van der Waals surface area contributed by atoms with E-state index in [-0.39, 0.29) is 11.7 Å². The van der Waals surface area contributed by atoms with Crippen LogP contribution in [0.3, 0.4) is 0 Å². The van der Waals surface area contributed by atoms with Gasteiger partial charge in [-0.1, -0.05) is 11.6 Å². The maximum atomic E-state index is 12.3. The summed E-state index contributed by atoms with van der Waals surface area (Å²) in [5.74, 6) is 0.281. The molecule has 1 unspecified atom stereocenters. The molecule has 2 rings (SSSR count). The van der Waals surface area contributed by atoms with Crippen LogP contribution in [0.1, 0.15) is 23.2 Å². The Morgan fingerprint density at radius 3 is 3.06 bits per heavy atom. The first-order valence-electron chi connectivity index (χ1n) is 6.09. The number of hydrogen-bond donors (Lipinski definition) is 2. The number of nitrogens with two attached hydrogens (primary N) is 1. The second-order valence-corrected chi connectivity index (χ2v) is 5.07. The Labute approximate surface area is 111 Å². The Hall–Kier alpha value is -1.26. The standard InChI is InChI=1S/C13H17ClN2O2/c14-12-4-3-10(17)6-11(12)13(18)16-5-1-2-9(7-15)8-16/h3-4,6,9,17H,1-2,5,7-8,15H2. The number of carbonyl (C=O) groups excluding carboxylic acids is 1. The quantitative estimate of drug-likeness (QED) is 0.860. The van der Waals surface area contributed by atoms with Gasteiger partial charge in [-0.05, 0) is 43.5 Å². The predicted molar refractivity (Wildman–Crippen MR) is 70.8 cm³/mol. The van der Waals surface area contributed by atoms with E-state index in [2.05, 4.69) is 0 Å². The molecule has 1 heterocycles. The van der Waals surface area contributed by atoms with Crippen molar-refractivity contribution in [3.63, 3.8) is 0 Å². The van der Waals surface area contributed by atoms with Gasteiger partial charge in [0.25, 0.3) is 5.91 Å². The van der Waals surface area contributed by atoms with Crippen LogP contribution in [0.5, 0.6) is 5.75 Å². The van der Waals surface area contributed by atoms with Crippen LogP contribution in [0.2, 0.25) is 5.02 Å². The molecule has 1 fully saturated rings. The highest BCUT2D eigenvalue weighted by Gasteiger charge is 2.25. The van der Waals surface area contributed by atoms with Gasteiger partial charge in [-0.3, -0.25) is 4.79 Å². The largest absolute Gasteiger partial charge is 0.508 e. The Kier molecular flexibility index (Phi) is 4.09. The summed E-state index contributed by atoms with van der Waals surface area (Å²) in [5.41, 5.74) is 6.01. The van der Waals surface area contributed by atoms with Crippen LogP contribution in [0.25, 0.3) is 0 Å². The van der Waals surface area contributed by atoms with E-state index in [1.54, 1.807) is 4.90 Å². The van der Waals surface area contributed by atoms with Crippen molar-refractivity contribution in [1.82, 2.24) is 4.90 Å². The van der Waals surface area contributed by atoms with Crippen LogP contribution in [0.4, 0.5) is 0 Å². The van der Waals surface area contributed by atoms with Gasteiger partial charge in [0.05, 0.1) is 10.6 Å². The van der Waals surface area contributed by atoms with Gasteiger partial charge in [0.1, 0.15) is 5.75 Å². The number of likely N-dealkylation sites (tertiary alicyclic amines) is 1. The summed E-state index contributed by atoms with van der Waals surface area (Å²) in [5, 5.41) is 9.80. The zero-order chi connectivity index (χ0) is 13.1. The number of amides is 1.